The molecule has 2 heteroatoms. The summed E-state index contributed by atoms with van der Waals surface area (Å²) < 4.78 is 0. The average molecular weight is 242 g/mol. The molecule has 0 saturated carbocycles. The molecule has 1 aliphatic carbocycles. The highest BCUT2D eigenvalue weighted by atomic mass is 14.3. The van der Waals surface area contributed by atoms with Crippen LogP contribution in [-0.2, 0) is 0 Å². The van der Waals surface area contributed by atoms with Crippen molar-refractivity contribution in [2.24, 2.45) is 0 Å². The normalized spacial score (nSPS) is 13.5. The molecular weight excluding hydrogens is 232 g/mol. The third-order valence-corrected chi connectivity index (χ3v) is 3.50. The minimum absolute atomic E-state index is 0.438. The molecule has 2 nitrogen and oxygen atoms in total. The van der Waals surface area contributed by atoms with Crippen LogP contribution in [0, 0.1) is 22.7 Å². The Bertz CT molecular complexity index is 799. The fourth-order valence-electron chi connectivity index (χ4n) is 2.70. The van der Waals surface area contributed by atoms with Crippen molar-refractivity contribution in [3.8, 4) is 23.3 Å². The lowest BCUT2D eigenvalue weighted by Gasteiger charge is -2.05. The first kappa shape index (κ1) is 11.3. The van der Waals surface area contributed by atoms with Gasteiger partial charge in [-0.1, -0.05) is 36.4 Å². The molecule has 1 aliphatic rings. The summed E-state index contributed by atoms with van der Waals surface area (Å²) in [6.45, 7) is 1.96. The van der Waals surface area contributed by atoms with Crippen LogP contribution in [-0.4, -0.2) is 0 Å². The smallest absolute Gasteiger partial charge is 0.101 e. The van der Waals surface area contributed by atoms with E-state index in [0.29, 0.717) is 11.1 Å². The first-order valence-corrected chi connectivity index (χ1v) is 6.05. The van der Waals surface area contributed by atoms with E-state index in [2.05, 4.69) is 24.3 Å². The lowest BCUT2D eigenvalue weighted by molar-refractivity contribution is 1.42. The van der Waals surface area contributed by atoms with Gasteiger partial charge in [0.15, 0.2) is 0 Å². The van der Waals surface area contributed by atoms with E-state index in [0.717, 1.165) is 27.8 Å². The number of nitrogens with zero attached hydrogens (tertiary/aromatic N) is 2. The van der Waals surface area contributed by atoms with Gasteiger partial charge in [-0.2, -0.15) is 10.5 Å². The molecular formula is C17H10N2. The SMILES string of the molecule is CC=C1c2ccccc2-c2ccc(C#N)c(C#N)c21. The van der Waals surface area contributed by atoms with E-state index in [-0.39, 0.29) is 0 Å². The highest BCUT2D eigenvalue weighted by molar-refractivity contribution is 6.03. The van der Waals surface area contributed by atoms with Crippen molar-refractivity contribution >= 4 is 5.57 Å². The van der Waals surface area contributed by atoms with Crippen LogP contribution < -0.4 is 0 Å². The van der Waals surface area contributed by atoms with Crippen LogP contribution in [0.2, 0.25) is 0 Å². The predicted molar refractivity (Wildman–Crippen MR) is 74.1 cm³/mol. The standard InChI is InChI=1S/C17H10N2/c1-2-12-13-5-3-4-6-14(13)15-8-7-11(9-18)16(10-19)17(12)15/h2-8H,1H3. The molecule has 2 aromatic rings. The van der Waals surface area contributed by atoms with Gasteiger partial charge < -0.3 is 0 Å². The Morgan fingerprint density at radius 2 is 1.63 bits per heavy atom. The van der Waals surface area contributed by atoms with Crippen LogP contribution >= 0.6 is 0 Å². The summed E-state index contributed by atoms with van der Waals surface area (Å²) in [5.74, 6) is 0. The van der Waals surface area contributed by atoms with Gasteiger partial charge in [-0.15, -0.1) is 0 Å². The maximum absolute atomic E-state index is 9.38. The van der Waals surface area contributed by atoms with Crippen molar-refractivity contribution in [3.63, 3.8) is 0 Å². The van der Waals surface area contributed by atoms with E-state index in [9.17, 15) is 5.26 Å². The second kappa shape index (κ2) is 4.12. The number of hydrogen-bond acceptors (Lipinski definition) is 2. The number of benzene rings is 2. The number of rotatable bonds is 0. The fourth-order valence-corrected chi connectivity index (χ4v) is 2.70. The van der Waals surface area contributed by atoms with Crippen LogP contribution in [0.25, 0.3) is 16.7 Å². The minimum atomic E-state index is 0.438. The molecule has 0 bridgehead atoms. The predicted octanol–water partition coefficient (Wildman–Crippen LogP) is 3.86. The summed E-state index contributed by atoms with van der Waals surface area (Å²) in [6, 6.07) is 16.0. The topological polar surface area (TPSA) is 47.6 Å². The van der Waals surface area contributed by atoms with E-state index in [1.807, 2.05) is 31.2 Å². The lowest BCUT2D eigenvalue weighted by atomic mass is 9.95. The zero-order chi connectivity index (χ0) is 13.4. The Kier molecular flexibility index (Phi) is 2.44. The van der Waals surface area contributed by atoms with Gasteiger partial charge in [0.25, 0.3) is 0 Å². The molecule has 0 saturated heterocycles. The van der Waals surface area contributed by atoms with E-state index in [4.69, 9.17) is 5.26 Å². The van der Waals surface area contributed by atoms with Gasteiger partial charge in [-0.25, -0.2) is 0 Å². The van der Waals surface area contributed by atoms with Gasteiger partial charge in [0, 0.05) is 5.56 Å². The molecule has 0 N–H and O–H groups in total. The Labute approximate surface area is 111 Å². The molecule has 2 aromatic carbocycles. The van der Waals surface area contributed by atoms with E-state index >= 15 is 0 Å². The third-order valence-electron chi connectivity index (χ3n) is 3.50. The van der Waals surface area contributed by atoms with Crippen LogP contribution in [0.3, 0.4) is 0 Å². The van der Waals surface area contributed by atoms with E-state index < -0.39 is 0 Å². The van der Waals surface area contributed by atoms with Crippen LogP contribution in [0.1, 0.15) is 29.2 Å². The second-order valence-corrected chi connectivity index (χ2v) is 4.38. The van der Waals surface area contributed by atoms with E-state index in [1.165, 1.54) is 0 Å². The molecule has 19 heavy (non-hydrogen) atoms. The van der Waals surface area contributed by atoms with Crippen molar-refractivity contribution in [1.29, 1.82) is 10.5 Å². The van der Waals surface area contributed by atoms with Gasteiger partial charge in [0.05, 0.1) is 11.1 Å². The summed E-state index contributed by atoms with van der Waals surface area (Å²) in [5, 5.41) is 18.5. The summed E-state index contributed by atoms with van der Waals surface area (Å²) in [5.41, 5.74) is 6.15. The molecule has 0 aromatic heterocycles. The van der Waals surface area contributed by atoms with Gasteiger partial charge in [-0.3, -0.25) is 0 Å². The monoisotopic (exact) mass is 242 g/mol. The summed E-state index contributed by atoms with van der Waals surface area (Å²) in [7, 11) is 0. The van der Waals surface area contributed by atoms with Gasteiger partial charge in [-0.05, 0) is 35.3 Å². The summed E-state index contributed by atoms with van der Waals surface area (Å²) >= 11 is 0. The van der Waals surface area contributed by atoms with Crippen LogP contribution in [0.15, 0.2) is 42.5 Å². The first-order valence-electron chi connectivity index (χ1n) is 6.05. The lowest BCUT2D eigenvalue weighted by Crippen LogP contribution is -1.92. The first-order chi connectivity index (χ1) is 9.31. The van der Waals surface area contributed by atoms with Crippen molar-refractivity contribution in [1.82, 2.24) is 0 Å². The minimum Gasteiger partial charge on any atom is -0.192 e. The van der Waals surface area contributed by atoms with Crippen molar-refractivity contribution < 1.29 is 0 Å². The number of nitriles is 2. The third kappa shape index (κ3) is 1.41. The zero-order valence-electron chi connectivity index (χ0n) is 10.4. The number of fused-ring (bicyclic) bond motifs is 3. The maximum atomic E-state index is 9.38. The highest BCUT2D eigenvalue weighted by Gasteiger charge is 2.26. The van der Waals surface area contributed by atoms with Gasteiger partial charge in [0.2, 0.25) is 0 Å². The zero-order valence-corrected chi connectivity index (χ0v) is 10.4. The molecule has 0 unspecified atom stereocenters. The second-order valence-electron chi connectivity index (χ2n) is 4.38. The van der Waals surface area contributed by atoms with Crippen molar-refractivity contribution in [2.45, 2.75) is 6.92 Å². The molecule has 88 valence electrons. The average Bonchev–Trinajstić information content (AvgIpc) is 2.80. The summed E-state index contributed by atoms with van der Waals surface area (Å²) in [4.78, 5) is 0. The van der Waals surface area contributed by atoms with Crippen molar-refractivity contribution in [3.05, 3.63) is 64.7 Å². The summed E-state index contributed by atoms with van der Waals surface area (Å²) in [6.07, 6.45) is 2.01. The molecule has 3 rings (SSSR count). The highest BCUT2D eigenvalue weighted by Crippen LogP contribution is 2.46. The Morgan fingerprint density at radius 3 is 2.26 bits per heavy atom. The van der Waals surface area contributed by atoms with Crippen LogP contribution in [0.4, 0.5) is 0 Å². The van der Waals surface area contributed by atoms with Gasteiger partial charge >= 0.3 is 0 Å². The molecule has 0 amide bonds. The molecule has 0 atom stereocenters. The molecule has 0 radical (unpaired) electrons. The largest absolute Gasteiger partial charge is 0.192 e. The van der Waals surface area contributed by atoms with E-state index in [1.54, 1.807) is 6.07 Å². The molecule has 0 fully saturated rings. The Hall–Kier alpha value is -2.84. The number of allylic oxidation sites excluding steroid dienone is 1. The molecule has 0 spiro atoms. The maximum Gasteiger partial charge on any atom is 0.101 e. The van der Waals surface area contributed by atoms with Gasteiger partial charge in [0.1, 0.15) is 12.1 Å². The Morgan fingerprint density at radius 1 is 0.895 bits per heavy atom. The molecule has 0 aliphatic heterocycles. The van der Waals surface area contributed by atoms with Crippen molar-refractivity contribution in [2.75, 3.05) is 0 Å². The fraction of sp³-hybridized carbons (Fsp3) is 0.0588. The quantitative estimate of drug-likeness (QED) is 0.601. The van der Waals surface area contributed by atoms with Crippen LogP contribution in [0.5, 0.6) is 0 Å². The molecule has 0 heterocycles. The number of hydrogen-bond donors (Lipinski definition) is 0. The Balaban J connectivity index is 2.46.